The van der Waals surface area contributed by atoms with Crippen LogP contribution in [0.1, 0.15) is 12.5 Å². The van der Waals surface area contributed by atoms with E-state index >= 15 is 0 Å². The Balaban J connectivity index is 1.60. The van der Waals surface area contributed by atoms with Crippen molar-refractivity contribution < 1.29 is 17.5 Å². The molecule has 0 saturated carbocycles. The summed E-state index contributed by atoms with van der Waals surface area (Å²) in [6, 6.07) is 13.0. The summed E-state index contributed by atoms with van der Waals surface area (Å²) in [4.78, 5) is 2.46. The molecule has 0 atom stereocenters. The fourth-order valence-electron chi connectivity index (χ4n) is 3.00. The van der Waals surface area contributed by atoms with Gasteiger partial charge in [0.1, 0.15) is 11.6 Å². The number of halogens is 1. The minimum Gasteiger partial charge on any atom is -0.494 e. The maximum atomic E-state index is 13.0. The predicted octanol–water partition coefficient (Wildman–Crippen LogP) is 2.73. The van der Waals surface area contributed by atoms with Crippen LogP contribution in [0.2, 0.25) is 0 Å². The molecule has 1 heterocycles. The van der Waals surface area contributed by atoms with Crippen LogP contribution in [0.25, 0.3) is 0 Å². The zero-order chi connectivity index (χ0) is 18.6. The number of rotatable bonds is 6. The maximum absolute atomic E-state index is 13.0. The molecule has 7 heteroatoms. The lowest BCUT2D eigenvalue weighted by Gasteiger charge is -2.34. The molecule has 3 rings (SSSR count). The fourth-order valence-corrected chi connectivity index (χ4v) is 4.42. The zero-order valence-corrected chi connectivity index (χ0v) is 15.6. The average Bonchev–Trinajstić information content (AvgIpc) is 2.65. The minimum absolute atomic E-state index is 0.250. The molecule has 140 valence electrons. The standard InChI is InChI=1S/C19H23FN2O3S/c1-2-25-18-7-9-19(10-8-18)26(23,24)22-13-11-21(12-14-22)15-16-3-5-17(20)6-4-16/h3-10H,2,11-15H2,1H3. The molecule has 0 N–H and O–H groups in total. The first-order chi connectivity index (χ1) is 12.5. The number of hydrogen-bond donors (Lipinski definition) is 0. The van der Waals surface area contributed by atoms with Crippen molar-refractivity contribution in [3.05, 3.63) is 59.9 Å². The van der Waals surface area contributed by atoms with Crippen molar-refractivity contribution in [1.29, 1.82) is 0 Å². The molecule has 0 unspecified atom stereocenters. The van der Waals surface area contributed by atoms with Crippen molar-refractivity contribution in [1.82, 2.24) is 9.21 Å². The lowest BCUT2D eigenvalue weighted by molar-refractivity contribution is 0.181. The highest BCUT2D eigenvalue weighted by Gasteiger charge is 2.28. The van der Waals surface area contributed by atoms with Gasteiger partial charge in [-0.3, -0.25) is 4.90 Å². The van der Waals surface area contributed by atoms with E-state index in [1.165, 1.54) is 16.4 Å². The molecular weight excluding hydrogens is 355 g/mol. The van der Waals surface area contributed by atoms with Crippen LogP contribution in [-0.2, 0) is 16.6 Å². The summed E-state index contributed by atoms with van der Waals surface area (Å²) in [5, 5.41) is 0. The Morgan fingerprint density at radius 1 is 0.962 bits per heavy atom. The van der Waals surface area contributed by atoms with Crippen molar-refractivity contribution in [3.8, 4) is 5.75 Å². The largest absolute Gasteiger partial charge is 0.494 e. The molecule has 2 aromatic carbocycles. The van der Waals surface area contributed by atoms with Crippen LogP contribution in [0.3, 0.4) is 0 Å². The normalized spacial score (nSPS) is 16.5. The molecule has 0 aromatic heterocycles. The molecule has 0 amide bonds. The molecule has 1 saturated heterocycles. The highest BCUT2D eigenvalue weighted by molar-refractivity contribution is 7.89. The van der Waals surface area contributed by atoms with Crippen LogP contribution < -0.4 is 4.74 Å². The van der Waals surface area contributed by atoms with Gasteiger partial charge in [-0.05, 0) is 48.9 Å². The van der Waals surface area contributed by atoms with Gasteiger partial charge >= 0.3 is 0 Å². The predicted molar refractivity (Wildman–Crippen MR) is 98.0 cm³/mol. The van der Waals surface area contributed by atoms with Gasteiger partial charge in [-0.2, -0.15) is 4.31 Å². The van der Waals surface area contributed by atoms with Crippen molar-refractivity contribution in [2.45, 2.75) is 18.4 Å². The second kappa shape index (κ2) is 8.16. The van der Waals surface area contributed by atoms with Crippen LogP contribution in [0.4, 0.5) is 4.39 Å². The molecule has 0 bridgehead atoms. The summed E-state index contributed by atoms with van der Waals surface area (Å²) in [6.07, 6.45) is 0. The third kappa shape index (κ3) is 4.41. The Hall–Kier alpha value is -1.96. The molecule has 1 fully saturated rings. The fraction of sp³-hybridized carbons (Fsp3) is 0.368. The number of ether oxygens (including phenoxy) is 1. The molecule has 0 radical (unpaired) electrons. The SMILES string of the molecule is CCOc1ccc(S(=O)(=O)N2CCN(Cc3ccc(F)cc3)CC2)cc1. The van der Waals surface area contributed by atoms with E-state index < -0.39 is 10.0 Å². The Labute approximate surface area is 154 Å². The smallest absolute Gasteiger partial charge is 0.243 e. The summed E-state index contributed by atoms with van der Waals surface area (Å²) in [5.41, 5.74) is 1.02. The summed E-state index contributed by atoms with van der Waals surface area (Å²) >= 11 is 0. The summed E-state index contributed by atoms with van der Waals surface area (Å²) in [6.45, 7) is 5.30. The highest BCUT2D eigenvalue weighted by atomic mass is 32.2. The third-order valence-corrected chi connectivity index (χ3v) is 6.34. The van der Waals surface area contributed by atoms with E-state index in [0.29, 0.717) is 45.1 Å². The maximum Gasteiger partial charge on any atom is 0.243 e. The summed E-state index contributed by atoms with van der Waals surface area (Å²) < 4.78 is 45.4. The summed E-state index contributed by atoms with van der Waals surface area (Å²) in [5.74, 6) is 0.413. The Morgan fingerprint density at radius 3 is 2.15 bits per heavy atom. The van der Waals surface area contributed by atoms with Gasteiger partial charge in [-0.15, -0.1) is 0 Å². The topological polar surface area (TPSA) is 49.9 Å². The third-order valence-electron chi connectivity index (χ3n) is 4.42. The van der Waals surface area contributed by atoms with E-state index in [4.69, 9.17) is 4.74 Å². The van der Waals surface area contributed by atoms with E-state index in [1.807, 2.05) is 6.92 Å². The molecule has 1 aliphatic rings. The van der Waals surface area contributed by atoms with Gasteiger partial charge in [0.15, 0.2) is 0 Å². The van der Waals surface area contributed by atoms with Crippen molar-refractivity contribution in [3.63, 3.8) is 0 Å². The lowest BCUT2D eigenvalue weighted by atomic mass is 10.2. The van der Waals surface area contributed by atoms with Crippen LogP contribution in [0.5, 0.6) is 5.75 Å². The van der Waals surface area contributed by atoms with Crippen molar-refractivity contribution in [2.24, 2.45) is 0 Å². The Morgan fingerprint density at radius 2 is 1.58 bits per heavy atom. The van der Waals surface area contributed by atoms with Crippen LogP contribution in [0, 0.1) is 5.82 Å². The lowest BCUT2D eigenvalue weighted by Crippen LogP contribution is -2.48. The molecule has 0 aliphatic carbocycles. The van der Waals surface area contributed by atoms with Gasteiger partial charge in [-0.1, -0.05) is 12.1 Å². The Kier molecular flexibility index (Phi) is 5.90. The second-order valence-electron chi connectivity index (χ2n) is 6.21. The van der Waals surface area contributed by atoms with E-state index in [9.17, 15) is 12.8 Å². The van der Waals surface area contributed by atoms with Gasteiger partial charge in [-0.25, -0.2) is 12.8 Å². The number of piperazine rings is 1. The highest BCUT2D eigenvalue weighted by Crippen LogP contribution is 2.21. The number of hydrogen-bond acceptors (Lipinski definition) is 4. The average molecular weight is 378 g/mol. The molecule has 0 spiro atoms. The van der Waals surface area contributed by atoms with E-state index in [-0.39, 0.29) is 10.7 Å². The van der Waals surface area contributed by atoms with Gasteiger partial charge in [0.2, 0.25) is 10.0 Å². The van der Waals surface area contributed by atoms with E-state index in [0.717, 1.165) is 5.56 Å². The zero-order valence-electron chi connectivity index (χ0n) is 14.8. The first-order valence-corrected chi connectivity index (χ1v) is 10.1. The molecule has 1 aliphatic heterocycles. The van der Waals surface area contributed by atoms with E-state index in [2.05, 4.69) is 4.90 Å². The van der Waals surface area contributed by atoms with Crippen molar-refractivity contribution in [2.75, 3.05) is 32.8 Å². The van der Waals surface area contributed by atoms with Gasteiger partial charge in [0.25, 0.3) is 0 Å². The van der Waals surface area contributed by atoms with E-state index in [1.54, 1.807) is 36.4 Å². The van der Waals surface area contributed by atoms with Crippen LogP contribution in [0.15, 0.2) is 53.4 Å². The molecular formula is C19H23FN2O3S. The van der Waals surface area contributed by atoms with Gasteiger partial charge in [0, 0.05) is 32.7 Å². The quantitative estimate of drug-likeness (QED) is 0.776. The van der Waals surface area contributed by atoms with Crippen LogP contribution in [-0.4, -0.2) is 50.4 Å². The van der Waals surface area contributed by atoms with Gasteiger partial charge < -0.3 is 4.74 Å². The number of benzene rings is 2. The van der Waals surface area contributed by atoms with Crippen molar-refractivity contribution >= 4 is 10.0 Å². The second-order valence-corrected chi connectivity index (χ2v) is 8.15. The van der Waals surface area contributed by atoms with Gasteiger partial charge in [0.05, 0.1) is 11.5 Å². The molecule has 2 aromatic rings. The molecule has 5 nitrogen and oxygen atoms in total. The number of nitrogens with zero attached hydrogens (tertiary/aromatic N) is 2. The first-order valence-electron chi connectivity index (χ1n) is 8.69. The minimum atomic E-state index is -3.49. The molecule has 26 heavy (non-hydrogen) atoms. The summed E-state index contributed by atoms with van der Waals surface area (Å²) in [7, 11) is -3.49. The van der Waals surface area contributed by atoms with Crippen LogP contribution >= 0.6 is 0 Å². The monoisotopic (exact) mass is 378 g/mol. The first kappa shape index (κ1) is 18.8. The number of sulfonamides is 1. The Bertz CT molecular complexity index is 815.